The van der Waals surface area contributed by atoms with Crippen LogP contribution < -0.4 is 10.3 Å². The summed E-state index contributed by atoms with van der Waals surface area (Å²) >= 11 is 0. The topological polar surface area (TPSA) is 43.1 Å². The first kappa shape index (κ1) is 9.90. The number of Topliss-reactive ketones (excluding diaryl/α,β-unsaturated/α-hetero) is 1. The highest BCUT2D eigenvalue weighted by Crippen LogP contribution is 2.10. The minimum absolute atomic E-state index is 0.105. The molecule has 2 N–H and O–H groups in total. The lowest BCUT2D eigenvalue weighted by Gasteiger charge is -1.99. The Balaban J connectivity index is 2.06. The van der Waals surface area contributed by atoms with Crippen LogP contribution in [0.4, 0.5) is 5.69 Å². The van der Waals surface area contributed by atoms with Gasteiger partial charge >= 0.3 is 0 Å². The normalized spacial score (nSPS) is 14.9. The fourth-order valence-electron chi connectivity index (χ4n) is 1.66. The molecule has 1 heterocycles. The van der Waals surface area contributed by atoms with Gasteiger partial charge in [-0.05, 0) is 37.6 Å². The van der Waals surface area contributed by atoms with E-state index in [0.29, 0.717) is 0 Å². The molecule has 1 aromatic rings. The molecule has 1 aliphatic heterocycles. The van der Waals surface area contributed by atoms with Gasteiger partial charge in [0.1, 0.15) is 5.69 Å². The van der Waals surface area contributed by atoms with E-state index in [9.17, 15) is 4.79 Å². The SMILES string of the molecule is CC(=O)c1ccc(NC2=[NH+]CCC2)cc1. The summed E-state index contributed by atoms with van der Waals surface area (Å²) in [5, 5.41) is 3.30. The number of rotatable bonds is 2. The lowest BCUT2D eigenvalue weighted by molar-refractivity contribution is -0.447. The van der Waals surface area contributed by atoms with Crippen molar-refractivity contribution in [3.8, 4) is 0 Å². The van der Waals surface area contributed by atoms with Crippen molar-refractivity contribution in [3.05, 3.63) is 29.8 Å². The highest BCUT2D eigenvalue weighted by Gasteiger charge is 2.12. The summed E-state index contributed by atoms with van der Waals surface area (Å²) in [7, 11) is 0. The molecule has 0 spiro atoms. The minimum atomic E-state index is 0.105. The summed E-state index contributed by atoms with van der Waals surface area (Å²) in [6.45, 7) is 2.63. The smallest absolute Gasteiger partial charge is 0.247 e. The molecule has 0 atom stereocenters. The molecule has 1 aliphatic rings. The molecule has 1 aromatic carbocycles. The lowest BCUT2D eigenvalue weighted by Crippen LogP contribution is -2.70. The minimum Gasteiger partial charge on any atom is -0.295 e. The Morgan fingerprint density at radius 1 is 1.33 bits per heavy atom. The first-order chi connectivity index (χ1) is 7.25. The molecule has 0 bridgehead atoms. The van der Waals surface area contributed by atoms with E-state index in [0.717, 1.165) is 24.2 Å². The average Bonchev–Trinajstić information content (AvgIpc) is 2.71. The van der Waals surface area contributed by atoms with E-state index in [4.69, 9.17) is 0 Å². The number of anilines is 1. The fourth-order valence-corrected chi connectivity index (χ4v) is 1.66. The number of hydrogen-bond acceptors (Lipinski definition) is 2. The van der Waals surface area contributed by atoms with Gasteiger partial charge in [-0.15, -0.1) is 0 Å². The third-order valence-electron chi connectivity index (χ3n) is 2.53. The number of benzene rings is 1. The second kappa shape index (κ2) is 4.26. The highest BCUT2D eigenvalue weighted by molar-refractivity contribution is 5.95. The molecule has 0 saturated carbocycles. The van der Waals surface area contributed by atoms with Crippen LogP contribution in [0, 0.1) is 0 Å². The van der Waals surface area contributed by atoms with E-state index < -0.39 is 0 Å². The van der Waals surface area contributed by atoms with Crippen LogP contribution in [0.5, 0.6) is 0 Å². The van der Waals surface area contributed by atoms with Crippen molar-refractivity contribution in [1.29, 1.82) is 0 Å². The second-order valence-electron chi connectivity index (χ2n) is 3.77. The Morgan fingerprint density at radius 3 is 2.60 bits per heavy atom. The molecular weight excluding hydrogens is 188 g/mol. The van der Waals surface area contributed by atoms with E-state index >= 15 is 0 Å². The van der Waals surface area contributed by atoms with E-state index in [-0.39, 0.29) is 5.78 Å². The van der Waals surface area contributed by atoms with E-state index in [2.05, 4.69) is 10.3 Å². The zero-order chi connectivity index (χ0) is 10.7. The Labute approximate surface area is 89.2 Å². The van der Waals surface area contributed by atoms with Crippen LogP contribution >= 0.6 is 0 Å². The molecule has 15 heavy (non-hydrogen) atoms. The van der Waals surface area contributed by atoms with Crippen molar-refractivity contribution in [2.24, 2.45) is 0 Å². The monoisotopic (exact) mass is 203 g/mol. The highest BCUT2D eigenvalue weighted by atomic mass is 16.1. The van der Waals surface area contributed by atoms with Crippen molar-refractivity contribution in [1.82, 2.24) is 0 Å². The molecule has 0 radical (unpaired) electrons. The van der Waals surface area contributed by atoms with Gasteiger partial charge in [0.05, 0.1) is 13.0 Å². The molecule has 0 amide bonds. The molecule has 0 unspecified atom stereocenters. The van der Waals surface area contributed by atoms with Crippen LogP contribution in [-0.4, -0.2) is 18.2 Å². The zero-order valence-corrected chi connectivity index (χ0v) is 8.84. The first-order valence-corrected chi connectivity index (χ1v) is 5.23. The van der Waals surface area contributed by atoms with Gasteiger partial charge in [0.25, 0.3) is 0 Å². The summed E-state index contributed by atoms with van der Waals surface area (Å²) in [4.78, 5) is 14.3. The van der Waals surface area contributed by atoms with Gasteiger partial charge < -0.3 is 0 Å². The van der Waals surface area contributed by atoms with E-state index in [1.54, 1.807) is 6.92 Å². The van der Waals surface area contributed by atoms with Gasteiger partial charge in [-0.25, -0.2) is 5.32 Å². The Hall–Kier alpha value is -1.64. The number of nitrogens with one attached hydrogen (secondary N) is 2. The summed E-state index contributed by atoms with van der Waals surface area (Å²) in [5.41, 5.74) is 1.79. The van der Waals surface area contributed by atoms with Crippen LogP contribution in [0.2, 0.25) is 0 Å². The predicted octanol–water partition coefficient (Wildman–Crippen LogP) is 0.574. The standard InChI is InChI=1S/C12H14N2O/c1-9(15)10-4-6-11(7-5-10)14-12-3-2-8-13-12/h4-7H,2-3,8H2,1H3,(H,13,14)/p+1. The molecule has 0 aromatic heterocycles. The van der Waals surface area contributed by atoms with Gasteiger partial charge in [-0.3, -0.25) is 9.79 Å². The van der Waals surface area contributed by atoms with Gasteiger partial charge in [-0.2, -0.15) is 0 Å². The predicted molar refractivity (Wildman–Crippen MR) is 60.1 cm³/mol. The number of carbonyl (C=O) groups is 1. The van der Waals surface area contributed by atoms with Crippen molar-refractivity contribution in [3.63, 3.8) is 0 Å². The maximum Gasteiger partial charge on any atom is 0.247 e. The zero-order valence-electron chi connectivity index (χ0n) is 8.84. The van der Waals surface area contributed by atoms with Crippen molar-refractivity contribution in [2.45, 2.75) is 19.8 Å². The lowest BCUT2D eigenvalue weighted by atomic mass is 10.1. The largest absolute Gasteiger partial charge is 0.295 e. The third kappa shape index (κ3) is 2.43. The Bertz CT molecular complexity index is 393. The molecule has 0 aliphatic carbocycles. The van der Waals surface area contributed by atoms with Crippen LogP contribution in [0.25, 0.3) is 0 Å². The molecule has 78 valence electrons. The van der Waals surface area contributed by atoms with Crippen LogP contribution in [-0.2, 0) is 0 Å². The van der Waals surface area contributed by atoms with Gasteiger partial charge in [0, 0.05) is 5.56 Å². The molecule has 2 rings (SSSR count). The quantitative estimate of drug-likeness (QED) is 0.690. The van der Waals surface area contributed by atoms with Crippen LogP contribution in [0.15, 0.2) is 24.3 Å². The summed E-state index contributed by atoms with van der Waals surface area (Å²) in [5.74, 6) is 1.28. The van der Waals surface area contributed by atoms with Gasteiger partial charge in [0.2, 0.25) is 5.84 Å². The number of carbonyl (C=O) groups excluding carboxylic acids is 1. The maximum absolute atomic E-state index is 11.1. The van der Waals surface area contributed by atoms with Crippen LogP contribution in [0.1, 0.15) is 30.1 Å². The van der Waals surface area contributed by atoms with E-state index in [1.165, 1.54) is 12.3 Å². The molecule has 3 nitrogen and oxygen atoms in total. The molecule has 0 saturated heterocycles. The number of amidine groups is 1. The first-order valence-electron chi connectivity index (χ1n) is 5.23. The number of hydrogen-bond donors (Lipinski definition) is 2. The van der Waals surface area contributed by atoms with Crippen molar-refractivity contribution in [2.75, 3.05) is 11.9 Å². The molecular formula is C12H15N2O+. The summed E-state index contributed by atoms with van der Waals surface area (Å²) < 4.78 is 0. The number of ketones is 1. The summed E-state index contributed by atoms with van der Waals surface area (Å²) in [6, 6.07) is 7.56. The van der Waals surface area contributed by atoms with Gasteiger partial charge in [-0.1, -0.05) is 0 Å². The maximum atomic E-state index is 11.1. The van der Waals surface area contributed by atoms with Crippen LogP contribution in [0.3, 0.4) is 0 Å². The van der Waals surface area contributed by atoms with Crippen molar-refractivity contribution >= 4 is 17.3 Å². The molecule has 3 heteroatoms. The average molecular weight is 203 g/mol. The van der Waals surface area contributed by atoms with Gasteiger partial charge in [0.15, 0.2) is 5.78 Å². The Morgan fingerprint density at radius 2 is 2.07 bits per heavy atom. The fraction of sp³-hybridized carbons (Fsp3) is 0.333. The Kier molecular flexibility index (Phi) is 2.81. The second-order valence-corrected chi connectivity index (χ2v) is 3.77. The third-order valence-corrected chi connectivity index (χ3v) is 2.53. The molecule has 0 fully saturated rings. The van der Waals surface area contributed by atoms with E-state index in [1.807, 2.05) is 24.3 Å². The van der Waals surface area contributed by atoms with Crippen molar-refractivity contribution < 1.29 is 9.79 Å². The summed E-state index contributed by atoms with van der Waals surface area (Å²) in [6.07, 6.45) is 2.27.